The standard InChI is InChI=1S/C17H15N3O/c1-21-13-8-6-12(7-9-13)16-19-15-5-3-2-4-14(15)17-18-10-11-20(16)17/h2-9H,10-11H2,1H3. The van der Waals surface area contributed by atoms with Gasteiger partial charge in [-0.15, -0.1) is 0 Å². The molecule has 0 atom stereocenters. The fourth-order valence-electron chi connectivity index (χ4n) is 2.78. The maximum atomic E-state index is 5.22. The summed E-state index contributed by atoms with van der Waals surface area (Å²) in [5, 5.41) is 0. The van der Waals surface area contributed by atoms with Crippen molar-refractivity contribution < 1.29 is 4.74 Å². The molecule has 104 valence electrons. The van der Waals surface area contributed by atoms with Crippen LogP contribution in [0.3, 0.4) is 0 Å². The highest BCUT2D eigenvalue weighted by molar-refractivity contribution is 6.20. The molecular formula is C17H15N3O. The van der Waals surface area contributed by atoms with Crippen LogP contribution in [0.15, 0.2) is 58.5 Å². The van der Waals surface area contributed by atoms with Gasteiger partial charge in [-0.05, 0) is 36.4 Å². The molecule has 0 saturated heterocycles. The van der Waals surface area contributed by atoms with Crippen LogP contribution in [0.5, 0.6) is 5.75 Å². The zero-order valence-electron chi connectivity index (χ0n) is 11.8. The molecule has 2 aromatic rings. The summed E-state index contributed by atoms with van der Waals surface area (Å²) in [7, 11) is 1.68. The predicted octanol–water partition coefficient (Wildman–Crippen LogP) is 2.85. The zero-order chi connectivity index (χ0) is 14.2. The van der Waals surface area contributed by atoms with Crippen molar-refractivity contribution in [2.45, 2.75) is 0 Å². The number of methoxy groups -OCH3 is 1. The number of para-hydroxylation sites is 1. The first-order valence-electron chi connectivity index (χ1n) is 7.01. The van der Waals surface area contributed by atoms with E-state index in [1.54, 1.807) is 7.11 Å². The molecule has 2 aromatic carbocycles. The van der Waals surface area contributed by atoms with E-state index in [-0.39, 0.29) is 0 Å². The van der Waals surface area contributed by atoms with E-state index < -0.39 is 0 Å². The van der Waals surface area contributed by atoms with E-state index >= 15 is 0 Å². The average Bonchev–Trinajstić information content (AvgIpc) is 3.04. The maximum absolute atomic E-state index is 5.22. The Hall–Kier alpha value is -2.62. The number of fused-ring (bicyclic) bond motifs is 3. The Morgan fingerprint density at radius 2 is 1.81 bits per heavy atom. The van der Waals surface area contributed by atoms with Crippen LogP contribution >= 0.6 is 0 Å². The molecule has 2 aliphatic rings. The van der Waals surface area contributed by atoms with Crippen molar-refractivity contribution in [3.63, 3.8) is 0 Å². The van der Waals surface area contributed by atoms with Crippen LogP contribution in [-0.4, -0.2) is 36.8 Å². The summed E-state index contributed by atoms with van der Waals surface area (Å²) in [4.78, 5) is 11.7. The van der Waals surface area contributed by atoms with Gasteiger partial charge in [-0.1, -0.05) is 12.1 Å². The Balaban J connectivity index is 1.84. The Bertz CT molecular complexity index is 747. The quantitative estimate of drug-likeness (QED) is 0.846. The molecule has 4 heteroatoms. The summed E-state index contributed by atoms with van der Waals surface area (Å²) in [6.45, 7) is 1.70. The molecule has 4 rings (SSSR count). The van der Waals surface area contributed by atoms with Gasteiger partial charge in [0, 0.05) is 17.7 Å². The second kappa shape index (κ2) is 4.74. The number of hydrogen-bond acceptors (Lipinski definition) is 4. The summed E-state index contributed by atoms with van der Waals surface area (Å²) >= 11 is 0. The van der Waals surface area contributed by atoms with Crippen molar-refractivity contribution in [3.8, 4) is 5.75 Å². The third kappa shape index (κ3) is 1.91. The van der Waals surface area contributed by atoms with Gasteiger partial charge in [-0.2, -0.15) is 0 Å². The summed E-state index contributed by atoms with van der Waals surface area (Å²) in [6, 6.07) is 16.2. The summed E-state index contributed by atoms with van der Waals surface area (Å²) < 4.78 is 5.22. The number of aliphatic imine (C=N–C) groups is 2. The lowest BCUT2D eigenvalue weighted by Crippen LogP contribution is -2.37. The van der Waals surface area contributed by atoms with Crippen LogP contribution in [0, 0.1) is 0 Å². The number of benzene rings is 2. The molecule has 21 heavy (non-hydrogen) atoms. The summed E-state index contributed by atoms with van der Waals surface area (Å²) in [6.07, 6.45) is 0. The first kappa shape index (κ1) is 12.1. The van der Waals surface area contributed by atoms with E-state index in [4.69, 9.17) is 9.73 Å². The Labute approximate surface area is 123 Å². The van der Waals surface area contributed by atoms with Gasteiger partial charge in [0.05, 0.1) is 19.3 Å². The first-order valence-corrected chi connectivity index (χ1v) is 7.01. The Morgan fingerprint density at radius 1 is 1.00 bits per heavy atom. The molecule has 2 heterocycles. The monoisotopic (exact) mass is 277 g/mol. The van der Waals surface area contributed by atoms with Gasteiger partial charge in [0.2, 0.25) is 0 Å². The van der Waals surface area contributed by atoms with Crippen LogP contribution in [0.2, 0.25) is 0 Å². The molecule has 0 amide bonds. The lowest BCUT2D eigenvalue weighted by atomic mass is 10.1. The molecule has 0 unspecified atom stereocenters. The molecule has 0 spiro atoms. The number of hydrogen-bond donors (Lipinski definition) is 0. The van der Waals surface area contributed by atoms with Crippen LogP contribution in [0.25, 0.3) is 0 Å². The fraction of sp³-hybridized carbons (Fsp3) is 0.176. The van der Waals surface area contributed by atoms with Gasteiger partial charge in [0.1, 0.15) is 17.4 Å². The normalized spacial score (nSPS) is 16.0. The molecule has 0 N–H and O–H groups in total. The largest absolute Gasteiger partial charge is 0.497 e. The van der Waals surface area contributed by atoms with Crippen molar-refractivity contribution in [1.29, 1.82) is 0 Å². The fourth-order valence-corrected chi connectivity index (χ4v) is 2.78. The van der Waals surface area contributed by atoms with E-state index in [2.05, 4.69) is 16.0 Å². The highest BCUT2D eigenvalue weighted by Crippen LogP contribution is 2.30. The highest BCUT2D eigenvalue weighted by Gasteiger charge is 2.29. The van der Waals surface area contributed by atoms with Crippen LogP contribution in [0.4, 0.5) is 5.69 Å². The molecule has 2 aliphatic heterocycles. The second-order valence-corrected chi connectivity index (χ2v) is 5.04. The summed E-state index contributed by atoms with van der Waals surface area (Å²) in [5.74, 6) is 2.85. The van der Waals surface area contributed by atoms with Gasteiger partial charge in [-0.25, -0.2) is 4.99 Å². The Morgan fingerprint density at radius 3 is 2.62 bits per heavy atom. The SMILES string of the molecule is COc1ccc(C2=Nc3ccccc3C3=NCCN23)cc1. The molecule has 4 nitrogen and oxygen atoms in total. The third-order valence-corrected chi connectivity index (χ3v) is 3.82. The molecule has 0 aliphatic carbocycles. The molecule has 0 fully saturated rings. The topological polar surface area (TPSA) is 37.2 Å². The lowest BCUT2D eigenvalue weighted by Gasteiger charge is -2.27. The van der Waals surface area contributed by atoms with E-state index in [1.165, 1.54) is 0 Å². The van der Waals surface area contributed by atoms with E-state index in [0.29, 0.717) is 0 Å². The smallest absolute Gasteiger partial charge is 0.142 e. The minimum absolute atomic E-state index is 0.818. The van der Waals surface area contributed by atoms with Crippen molar-refractivity contribution in [2.24, 2.45) is 9.98 Å². The van der Waals surface area contributed by atoms with Gasteiger partial charge in [-0.3, -0.25) is 4.99 Å². The number of rotatable bonds is 2. The van der Waals surface area contributed by atoms with Crippen LogP contribution < -0.4 is 4.74 Å². The van der Waals surface area contributed by atoms with E-state index in [9.17, 15) is 0 Å². The maximum Gasteiger partial charge on any atom is 0.142 e. The lowest BCUT2D eigenvalue weighted by molar-refractivity contribution is 0.415. The van der Waals surface area contributed by atoms with Gasteiger partial charge in [0.15, 0.2) is 0 Å². The minimum Gasteiger partial charge on any atom is -0.497 e. The van der Waals surface area contributed by atoms with Crippen molar-refractivity contribution in [3.05, 3.63) is 59.7 Å². The average molecular weight is 277 g/mol. The zero-order valence-corrected chi connectivity index (χ0v) is 11.8. The number of ether oxygens (including phenoxy) is 1. The van der Waals surface area contributed by atoms with E-state index in [1.807, 2.05) is 42.5 Å². The second-order valence-electron chi connectivity index (χ2n) is 5.04. The Kier molecular flexibility index (Phi) is 2.74. The number of amidine groups is 2. The minimum atomic E-state index is 0.818. The van der Waals surface area contributed by atoms with Gasteiger partial charge in [0.25, 0.3) is 0 Å². The molecule has 0 bridgehead atoms. The molecular weight excluding hydrogens is 262 g/mol. The highest BCUT2D eigenvalue weighted by atomic mass is 16.5. The molecule has 0 aromatic heterocycles. The van der Waals surface area contributed by atoms with Gasteiger partial charge >= 0.3 is 0 Å². The van der Waals surface area contributed by atoms with Crippen molar-refractivity contribution >= 4 is 17.4 Å². The van der Waals surface area contributed by atoms with Crippen LogP contribution in [0.1, 0.15) is 11.1 Å². The van der Waals surface area contributed by atoms with Crippen molar-refractivity contribution in [2.75, 3.05) is 20.2 Å². The van der Waals surface area contributed by atoms with Crippen molar-refractivity contribution in [1.82, 2.24) is 4.90 Å². The predicted molar refractivity (Wildman–Crippen MR) is 83.7 cm³/mol. The van der Waals surface area contributed by atoms with Gasteiger partial charge < -0.3 is 9.64 Å². The summed E-state index contributed by atoms with van der Waals surface area (Å²) in [5.41, 5.74) is 3.19. The molecule has 0 saturated carbocycles. The molecule has 0 radical (unpaired) electrons. The van der Waals surface area contributed by atoms with E-state index in [0.717, 1.165) is 47.3 Å². The number of nitrogens with zero attached hydrogens (tertiary/aromatic N) is 3. The first-order chi connectivity index (χ1) is 10.4. The third-order valence-electron chi connectivity index (χ3n) is 3.82. The van der Waals surface area contributed by atoms with Crippen LogP contribution in [-0.2, 0) is 0 Å².